The lowest BCUT2D eigenvalue weighted by Crippen LogP contribution is -2.40. The highest BCUT2D eigenvalue weighted by Gasteiger charge is 2.37. The van der Waals surface area contributed by atoms with E-state index in [1.54, 1.807) is 0 Å². The molecule has 3 heteroatoms. The van der Waals surface area contributed by atoms with Crippen LogP contribution in [0.5, 0.6) is 0 Å². The van der Waals surface area contributed by atoms with Gasteiger partial charge in [-0.1, -0.05) is 200 Å². The lowest BCUT2D eigenvalue weighted by molar-refractivity contribution is 0.0893. The fourth-order valence-electron chi connectivity index (χ4n) is 13.1. The molecule has 0 atom stereocenters. The minimum atomic E-state index is -0.296. The molecule has 0 spiro atoms. The molecule has 2 aliphatic rings. The van der Waals surface area contributed by atoms with Gasteiger partial charge in [-0.2, -0.15) is 0 Å². The van der Waals surface area contributed by atoms with Gasteiger partial charge < -0.3 is 0 Å². The minimum absolute atomic E-state index is 0.296. The molecule has 1 aliphatic heterocycles. The molecule has 71 heavy (non-hydrogen) atoms. The SMILES string of the molecule is O=C1c2ccc3c4ccc5c6ccc7c8c(ccc(c9ccc(c%10ccc(c2c3%10)C(=O)N1c1ccccc1)c4c59)c86)-c1c(-c2ccccc2)c(-c2ccccc2)c(-c2ccccc2)c(-c2ccccc2)c1-7. The van der Waals surface area contributed by atoms with Crippen LogP contribution in [0, 0.1) is 0 Å². The first-order chi connectivity index (χ1) is 35.1. The first-order valence-electron chi connectivity index (χ1n) is 24.3. The topological polar surface area (TPSA) is 37.4 Å². The molecule has 1 heterocycles. The number of carbonyl (C=O) groups is 2. The third kappa shape index (κ3) is 4.96. The molecule has 3 nitrogen and oxygen atoms in total. The van der Waals surface area contributed by atoms with Gasteiger partial charge in [-0.15, -0.1) is 0 Å². The van der Waals surface area contributed by atoms with Crippen molar-refractivity contribution in [1.29, 1.82) is 0 Å². The summed E-state index contributed by atoms with van der Waals surface area (Å²) < 4.78 is 0. The Morgan fingerprint density at radius 3 is 0.775 bits per heavy atom. The van der Waals surface area contributed by atoms with E-state index in [4.69, 9.17) is 0 Å². The number of benzene rings is 14. The van der Waals surface area contributed by atoms with E-state index in [1.807, 2.05) is 42.5 Å². The van der Waals surface area contributed by atoms with Crippen molar-refractivity contribution in [2.45, 2.75) is 0 Å². The van der Waals surface area contributed by atoms with Crippen molar-refractivity contribution in [3.05, 3.63) is 236 Å². The molecule has 0 saturated heterocycles. The maximum atomic E-state index is 14.3. The Hall–Kier alpha value is -9.44. The Kier molecular flexibility index (Phi) is 7.63. The summed E-state index contributed by atoms with van der Waals surface area (Å²) in [6, 6.07) is 80.0. The van der Waals surface area contributed by atoms with Crippen molar-refractivity contribution in [2.24, 2.45) is 0 Å². The molecule has 0 radical (unpaired) electrons. The number of hydrogen-bond donors (Lipinski definition) is 0. The van der Waals surface area contributed by atoms with Gasteiger partial charge in [-0.3, -0.25) is 9.59 Å². The van der Waals surface area contributed by atoms with E-state index in [9.17, 15) is 9.59 Å². The molecule has 14 aromatic rings. The van der Waals surface area contributed by atoms with Crippen LogP contribution >= 0.6 is 0 Å². The van der Waals surface area contributed by atoms with Gasteiger partial charge in [0, 0.05) is 16.5 Å². The van der Waals surface area contributed by atoms with Crippen LogP contribution in [-0.2, 0) is 0 Å². The van der Waals surface area contributed by atoms with E-state index >= 15 is 0 Å². The zero-order valence-corrected chi connectivity index (χ0v) is 38.1. The molecule has 0 aromatic heterocycles. The van der Waals surface area contributed by atoms with Gasteiger partial charge in [0.1, 0.15) is 0 Å². The number of imide groups is 1. The van der Waals surface area contributed by atoms with Crippen molar-refractivity contribution in [2.75, 3.05) is 4.90 Å². The van der Waals surface area contributed by atoms with Gasteiger partial charge in [-0.25, -0.2) is 4.90 Å². The van der Waals surface area contributed by atoms with Crippen molar-refractivity contribution in [3.63, 3.8) is 0 Å². The first-order valence-corrected chi connectivity index (χ1v) is 24.3. The largest absolute Gasteiger partial charge is 0.268 e. The Morgan fingerprint density at radius 1 is 0.211 bits per heavy atom. The van der Waals surface area contributed by atoms with Crippen LogP contribution in [0.2, 0.25) is 0 Å². The summed E-state index contributed by atoms with van der Waals surface area (Å²) in [5, 5.41) is 15.9. The van der Waals surface area contributed by atoms with Gasteiger partial charge in [0.25, 0.3) is 11.8 Å². The Morgan fingerprint density at radius 2 is 0.451 bits per heavy atom. The predicted molar refractivity (Wildman–Crippen MR) is 295 cm³/mol. The fourth-order valence-corrected chi connectivity index (χ4v) is 13.1. The maximum Gasteiger partial charge on any atom is 0.265 e. The Balaban J connectivity index is 1.02. The zero-order chi connectivity index (χ0) is 46.6. The number of fused-ring (bicyclic) bond motifs is 7. The molecule has 0 bridgehead atoms. The highest BCUT2D eigenvalue weighted by Crippen LogP contribution is 2.62. The monoisotopic (exact) mass is 899 g/mol. The minimum Gasteiger partial charge on any atom is -0.268 e. The van der Waals surface area contributed by atoms with E-state index in [1.165, 1.54) is 115 Å². The summed E-state index contributed by atoms with van der Waals surface area (Å²) in [6.07, 6.45) is 0. The second-order valence-corrected chi connectivity index (χ2v) is 19.2. The Bertz CT molecular complexity index is 4360. The maximum absolute atomic E-state index is 14.3. The van der Waals surface area contributed by atoms with E-state index in [0.717, 1.165) is 32.3 Å². The van der Waals surface area contributed by atoms with Crippen molar-refractivity contribution >= 4 is 92.9 Å². The third-order valence-electron chi connectivity index (χ3n) is 15.8. The highest BCUT2D eigenvalue weighted by atomic mass is 16.2. The molecule has 326 valence electrons. The average Bonchev–Trinajstić information content (AvgIpc) is 3.77. The summed E-state index contributed by atoms with van der Waals surface area (Å²) in [6.45, 7) is 0. The van der Waals surface area contributed by atoms with E-state index < -0.39 is 0 Å². The number of hydrogen-bond acceptors (Lipinski definition) is 2. The van der Waals surface area contributed by atoms with Gasteiger partial charge in [0.15, 0.2) is 0 Å². The average molecular weight is 900 g/mol. The molecule has 0 unspecified atom stereocenters. The lowest BCUT2D eigenvalue weighted by Gasteiger charge is -2.28. The van der Waals surface area contributed by atoms with Gasteiger partial charge in [-0.05, 0) is 161 Å². The van der Waals surface area contributed by atoms with Crippen LogP contribution < -0.4 is 4.90 Å². The highest BCUT2D eigenvalue weighted by molar-refractivity contribution is 6.46. The van der Waals surface area contributed by atoms with E-state index in [-0.39, 0.29) is 11.8 Å². The van der Waals surface area contributed by atoms with E-state index in [0.29, 0.717) is 16.8 Å². The quantitative estimate of drug-likeness (QED) is 0.0980. The fraction of sp³-hybridized carbons (Fsp3) is 0. The second kappa shape index (κ2) is 14.1. The molecule has 0 saturated carbocycles. The summed E-state index contributed by atoms with van der Waals surface area (Å²) >= 11 is 0. The zero-order valence-electron chi connectivity index (χ0n) is 38.1. The molecule has 0 N–H and O–H groups in total. The Labute approximate surface area is 407 Å². The van der Waals surface area contributed by atoms with Gasteiger partial charge >= 0.3 is 0 Å². The predicted octanol–water partition coefficient (Wildman–Crippen LogP) is 17.8. The summed E-state index contributed by atoms with van der Waals surface area (Å²) in [4.78, 5) is 29.9. The lowest BCUT2D eigenvalue weighted by atomic mass is 9.76. The first kappa shape index (κ1) is 38.5. The number of anilines is 1. The van der Waals surface area contributed by atoms with Crippen molar-refractivity contribution < 1.29 is 9.59 Å². The smallest absolute Gasteiger partial charge is 0.265 e. The van der Waals surface area contributed by atoms with Crippen LogP contribution in [0.3, 0.4) is 0 Å². The third-order valence-corrected chi connectivity index (χ3v) is 15.8. The van der Waals surface area contributed by atoms with Gasteiger partial charge in [0.05, 0.1) is 5.69 Å². The van der Waals surface area contributed by atoms with Gasteiger partial charge in [0.2, 0.25) is 0 Å². The number of nitrogens with zero attached hydrogens (tertiary/aromatic N) is 1. The van der Waals surface area contributed by atoms with Crippen LogP contribution in [0.15, 0.2) is 224 Å². The molecule has 1 aliphatic carbocycles. The molecular formula is C68H37NO2. The molecule has 0 fully saturated rings. The van der Waals surface area contributed by atoms with E-state index in [2.05, 4.69) is 182 Å². The van der Waals surface area contributed by atoms with Crippen LogP contribution in [-0.4, -0.2) is 11.8 Å². The van der Waals surface area contributed by atoms with Crippen LogP contribution in [0.25, 0.3) is 142 Å². The number of amides is 2. The molecule has 16 rings (SSSR count). The number of rotatable bonds is 5. The summed E-state index contributed by atoms with van der Waals surface area (Å²) in [5.74, 6) is -0.591. The summed E-state index contributed by atoms with van der Waals surface area (Å²) in [5.41, 5.74) is 16.4. The second-order valence-electron chi connectivity index (χ2n) is 19.2. The normalized spacial score (nSPS) is 13.1. The number of para-hydroxylation sites is 1. The van der Waals surface area contributed by atoms with Crippen molar-refractivity contribution in [1.82, 2.24) is 0 Å². The van der Waals surface area contributed by atoms with Crippen molar-refractivity contribution in [3.8, 4) is 66.8 Å². The molecule has 2 amide bonds. The summed E-state index contributed by atoms with van der Waals surface area (Å²) in [7, 11) is 0. The standard InChI is InChI=1S/C68H37NO2/c70-67-53-36-32-49-45-28-26-43-47-30-34-51-63-52(35-31-48(61(47)63)44-27-29-46(60(45)59(43)44)50-33-37-54(64(53)62(49)50)68(71)69(67)42-24-14-5-15-25-42)66-58(41-22-12-4-13-23-41)56(39-18-8-2-9-19-39)55(38-16-6-1-7-17-38)57(65(51)66)40-20-10-3-11-21-40/h1-37H. The molecule has 14 aromatic carbocycles. The van der Waals surface area contributed by atoms with Crippen LogP contribution in [0.1, 0.15) is 20.7 Å². The molecular weight excluding hydrogens is 863 g/mol. The number of carbonyl (C=O) groups excluding carboxylic acids is 2. The van der Waals surface area contributed by atoms with Crippen LogP contribution in [0.4, 0.5) is 5.69 Å².